The fourth-order valence-electron chi connectivity index (χ4n) is 4.11. The third kappa shape index (κ3) is 4.74. The molecule has 2 aliphatic rings. The van der Waals surface area contributed by atoms with Gasteiger partial charge in [0.05, 0.1) is 11.1 Å². The minimum absolute atomic E-state index is 0.0515. The van der Waals surface area contributed by atoms with E-state index in [9.17, 15) is 24.0 Å². The number of fused-ring (bicyclic) bond motifs is 1. The van der Waals surface area contributed by atoms with Crippen molar-refractivity contribution in [3.8, 4) is 11.1 Å². The van der Waals surface area contributed by atoms with Crippen molar-refractivity contribution >= 4 is 29.5 Å². The Morgan fingerprint density at radius 3 is 2.44 bits per heavy atom. The van der Waals surface area contributed by atoms with E-state index in [0.29, 0.717) is 19.6 Å². The second-order valence-corrected chi connectivity index (χ2v) is 8.14. The highest BCUT2D eigenvalue weighted by atomic mass is 16.5. The van der Waals surface area contributed by atoms with Crippen molar-refractivity contribution < 1.29 is 28.7 Å². The predicted molar refractivity (Wildman–Crippen MR) is 122 cm³/mol. The van der Waals surface area contributed by atoms with E-state index in [1.807, 2.05) is 31.2 Å². The van der Waals surface area contributed by atoms with E-state index < -0.39 is 29.7 Å². The molecule has 9 nitrogen and oxygen atoms in total. The number of amides is 5. The van der Waals surface area contributed by atoms with Crippen LogP contribution in [0.2, 0.25) is 0 Å². The molecule has 34 heavy (non-hydrogen) atoms. The molecule has 0 spiro atoms. The zero-order chi connectivity index (χ0) is 24.2. The molecule has 1 unspecified atom stereocenters. The number of imide groups is 2. The van der Waals surface area contributed by atoms with Gasteiger partial charge in [-0.2, -0.15) is 0 Å². The summed E-state index contributed by atoms with van der Waals surface area (Å²) in [6.07, 6.45) is 0.865. The molecule has 5 amide bonds. The van der Waals surface area contributed by atoms with Crippen molar-refractivity contribution in [2.24, 2.45) is 0 Å². The van der Waals surface area contributed by atoms with Crippen LogP contribution in [-0.4, -0.2) is 60.2 Å². The molecule has 0 radical (unpaired) electrons. The summed E-state index contributed by atoms with van der Waals surface area (Å²) in [5.74, 6) is -2.24. The number of hydrogen-bond acceptors (Lipinski definition) is 6. The highest BCUT2D eigenvalue weighted by Crippen LogP contribution is 2.31. The standard InChI is InChI=1S/C25H25N3O6/c1-2-34-14-22(30)26-12-11-15-3-5-16(6-4-15)17-7-8-18-19(13-17)25(33)28(24(18)32)20-9-10-21(29)27-23(20)31/h3-8,13,20H,2,9-12,14H2,1H3,(H,26,30)(H,27,29,31). The molecule has 2 aliphatic heterocycles. The quantitative estimate of drug-likeness (QED) is 0.572. The number of hydrogen-bond donors (Lipinski definition) is 2. The molecule has 1 atom stereocenters. The lowest BCUT2D eigenvalue weighted by molar-refractivity contribution is -0.136. The molecule has 0 aromatic heterocycles. The fourth-order valence-corrected chi connectivity index (χ4v) is 4.11. The van der Waals surface area contributed by atoms with Gasteiger partial charge in [-0.05, 0) is 48.6 Å². The Hall–Kier alpha value is -3.85. The second-order valence-electron chi connectivity index (χ2n) is 8.14. The van der Waals surface area contributed by atoms with E-state index >= 15 is 0 Å². The average Bonchev–Trinajstić information content (AvgIpc) is 3.08. The van der Waals surface area contributed by atoms with Gasteiger partial charge in [0.25, 0.3) is 11.8 Å². The molecular weight excluding hydrogens is 438 g/mol. The molecular formula is C25H25N3O6. The molecule has 9 heteroatoms. The Bertz CT molecular complexity index is 1160. The first-order valence-corrected chi connectivity index (χ1v) is 11.2. The maximum absolute atomic E-state index is 13.0. The number of ether oxygens (including phenoxy) is 1. The van der Waals surface area contributed by atoms with Gasteiger partial charge in [0.1, 0.15) is 12.6 Å². The van der Waals surface area contributed by atoms with E-state index in [1.54, 1.807) is 18.2 Å². The smallest absolute Gasteiger partial charge is 0.262 e. The monoisotopic (exact) mass is 463 g/mol. The Kier molecular flexibility index (Phi) is 6.83. The SMILES string of the molecule is CCOCC(=O)NCCc1ccc(-c2ccc3c(c2)C(=O)N(C2CCC(=O)NC2=O)C3=O)cc1. The largest absolute Gasteiger partial charge is 0.372 e. The lowest BCUT2D eigenvalue weighted by Crippen LogP contribution is -2.54. The first-order valence-electron chi connectivity index (χ1n) is 11.2. The van der Waals surface area contributed by atoms with Crippen LogP contribution in [0, 0.1) is 0 Å². The number of carbonyl (C=O) groups excluding carboxylic acids is 5. The number of piperidine rings is 1. The minimum Gasteiger partial charge on any atom is -0.372 e. The molecule has 0 bridgehead atoms. The van der Waals surface area contributed by atoms with Crippen molar-refractivity contribution in [3.05, 3.63) is 59.2 Å². The maximum Gasteiger partial charge on any atom is 0.262 e. The topological polar surface area (TPSA) is 122 Å². The minimum atomic E-state index is -0.984. The van der Waals surface area contributed by atoms with E-state index in [2.05, 4.69) is 10.6 Å². The number of nitrogens with zero attached hydrogens (tertiary/aromatic N) is 1. The van der Waals surface area contributed by atoms with Crippen LogP contribution in [0.5, 0.6) is 0 Å². The fraction of sp³-hybridized carbons (Fsp3) is 0.320. The van der Waals surface area contributed by atoms with E-state index in [-0.39, 0.29) is 36.5 Å². The van der Waals surface area contributed by atoms with Gasteiger partial charge in [-0.1, -0.05) is 30.3 Å². The van der Waals surface area contributed by atoms with E-state index in [1.165, 1.54) is 0 Å². The van der Waals surface area contributed by atoms with Crippen LogP contribution in [-0.2, 0) is 25.5 Å². The lowest BCUT2D eigenvalue weighted by atomic mass is 9.99. The third-order valence-corrected chi connectivity index (χ3v) is 5.90. The zero-order valence-electron chi connectivity index (χ0n) is 18.8. The van der Waals surface area contributed by atoms with Crippen molar-refractivity contribution in [3.63, 3.8) is 0 Å². The number of carbonyl (C=O) groups is 5. The van der Waals surface area contributed by atoms with Crippen molar-refractivity contribution in [2.75, 3.05) is 19.8 Å². The number of benzene rings is 2. The van der Waals surface area contributed by atoms with Crippen LogP contribution < -0.4 is 10.6 Å². The molecule has 2 aromatic rings. The Morgan fingerprint density at radius 1 is 1.03 bits per heavy atom. The van der Waals surface area contributed by atoms with Gasteiger partial charge in [-0.15, -0.1) is 0 Å². The van der Waals surface area contributed by atoms with Crippen molar-refractivity contribution in [1.29, 1.82) is 0 Å². The molecule has 0 saturated carbocycles. The molecule has 2 aromatic carbocycles. The van der Waals surface area contributed by atoms with Crippen LogP contribution in [0.25, 0.3) is 11.1 Å². The van der Waals surface area contributed by atoms with Gasteiger partial charge in [0.2, 0.25) is 17.7 Å². The molecule has 4 rings (SSSR count). The number of nitrogens with one attached hydrogen (secondary N) is 2. The van der Waals surface area contributed by atoms with Gasteiger partial charge in [-0.25, -0.2) is 0 Å². The Labute approximate surface area is 196 Å². The number of rotatable bonds is 8. The zero-order valence-corrected chi connectivity index (χ0v) is 18.8. The molecule has 0 aliphatic carbocycles. The van der Waals surface area contributed by atoms with E-state index in [0.717, 1.165) is 21.6 Å². The van der Waals surface area contributed by atoms with Gasteiger partial charge in [0.15, 0.2) is 0 Å². The van der Waals surface area contributed by atoms with Gasteiger partial charge >= 0.3 is 0 Å². The van der Waals surface area contributed by atoms with Gasteiger partial charge < -0.3 is 10.1 Å². The second kappa shape index (κ2) is 9.96. The van der Waals surface area contributed by atoms with Crippen LogP contribution >= 0.6 is 0 Å². The summed E-state index contributed by atoms with van der Waals surface area (Å²) in [5.41, 5.74) is 3.16. The summed E-state index contributed by atoms with van der Waals surface area (Å²) < 4.78 is 5.07. The molecule has 2 N–H and O–H groups in total. The normalized spacial score (nSPS) is 17.6. The first-order chi connectivity index (χ1) is 16.4. The Morgan fingerprint density at radius 2 is 1.74 bits per heavy atom. The summed E-state index contributed by atoms with van der Waals surface area (Å²) in [6, 6.07) is 11.8. The first kappa shape index (κ1) is 23.3. The Balaban J connectivity index is 1.44. The van der Waals surface area contributed by atoms with Gasteiger partial charge in [-0.3, -0.25) is 34.2 Å². The highest BCUT2D eigenvalue weighted by molar-refractivity contribution is 6.23. The van der Waals surface area contributed by atoms with Crippen molar-refractivity contribution in [1.82, 2.24) is 15.5 Å². The van der Waals surface area contributed by atoms with Crippen LogP contribution in [0.4, 0.5) is 0 Å². The molecule has 1 saturated heterocycles. The van der Waals surface area contributed by atoms with Crippen LogP contribution in [0.1, 0.15) is 46.0 Å². The lowest BCUT2D eigenvalue weighted by Gasteiger charge is -2.27. The van der Waals surface area contributed by atoms with Crippen LogP contribution in [0.15, 0.2) is 42.5 Å². The molecule has 176 valence electrons. The maximum atomic E-state index is 13.0. The van der Waals surface area contributed by atoms with Crippen molar-refractivity contribution in [2.45, 2.75) is 32.2 Å². The average molecular weight is 463 g/mol. The highest BCUT2D eigenvalue weighted by Gasteiger charge is 2.44. The van der Waals surface area contributed by atoms with E-state index in [4.69, 9.17) is 4.74 Å². The third-order valence-electron chi connectivity index (χ3n) is 5.90. The summed E-state index contributed by atoms with van der Waals surface area (Å²) in [6.45, 7) is 2.87. The molecule has 1 fully saturated rings. The predicted octanol–water partition coefficient (Wildman–Crippen LogP) is 1.45. The summed E-state index contributed by atoms with van der Waals surface area (Å²) >= 11 is 0. The molecule has 2 heterocycles. The summed E-state index contributed by atoms with van der Waals surface area (Å²) in [4.78, 5) is 62.0. The summed E-state index contributed by atoms with van der Waals surface area (Å²) in [5, 5.41) is 4.99. The van der Waals surface area contributed by atoms with Crippen LogP contribution in [0.3, 0.4) is 0 Å². The van der Waals surface area contributed by atoms with Gasteiger partial charge in [0, 0.05) is 19.6 Å². The summed E-state index contributed by atoms with van der Waals surface area (Å²) in [7, 11) is 0.